The first-order chi connectivity index (χ1) is 16.8. The Morgan fingerprint density at radius 3 is 2.69 bits per heavy atom. The third-order valence-corrected chi connectivity index (χ3v) is 5.94. The Balaban J connectivity index is 1.67. The fourth-order valence-corrected chi connectivity index (χ4v) is 4.26. The lowest BCUT2D eigenvalue weighted by atomic mass is 10.0. The Hall–Kier alpha value is -4.60. The monoisotopic (exact) mass is 473 g/mol. The lowest BCUT2D eigenvalue weighted by molar-refractivity contribution is -0.137. The summed E-state index contributed by atoms with van der Waals surface area (Å²) in [4.78, 5) is 40.9. The molecular weight excluding hydrogens is 459 g/mol. The van der Waals surface area contributed by atoms with Crippen LogP contribution in [-0.4, -0.2) is 25.7 Å². The van der Waals surface area contributed by atoms with E-state index in [4.69, 9.17) is 4.98 Å². The second-order valence-electron chi connectivity index (χ2n) is 8.11. The molecular formula is C25H14F3N5O2. The van der Waals surface area contributed by atoms with Crippen molar-refractivity contribution >= 4 is 28.2 Å². The third-order valence-electron chi connectivity index (χ3n) is 5.94. The molecule has 0 saturated carbocycles. The molecule has 3 aromatic heterocycles. The fraction of sp³-hybridized carbons (Fsp3) is 0.0800. The highest BCUT2D eigenvalue weighted by molar-refractivity contribution is 6.01. The minimum absolute atomic E-state index is 0.0280. The standard InChI is InChI=1S/C25H14F3N5O2/c26-25(27,28)16-2-1-3-17(9-16)33-22-18(23(34)32-24(33)35)12-30-20-7-6-19(31-21(20)22)13-4-5-14-10-29-11-15(14)8-13/h1-9,11-12H,10H2,(H,32,34,35). The normalized spacial score (nSPS) is 13.0. The number of halogens is 3. The topological polar surface area (TPSA) is 93.0 Å². The van der Waals surface area contributed by atoms with E-state index >= 15 is 0 Å². The quantitative estimate of drug-likeness (QED) is 0.388. The summed E-state index contributed by atoms with van der Waals surface area (Å²) in [5.74, 6) is 0. The number of aromatic amines is 1. The van der Waals surface area contributed by atoms with Crippen molar-refractivity contribution < 1.29 is 13.2 Å². The molecule has 172 valence electrons. The first kappa shape index (κ1) is 21.0. The van der Waals surface area contributed by atoms with Gasteiger partial charge in [0.2, 0.25) is 0 Å². The molecule has 1 N–H and O–H groups in total. The Labute approximate surface area is 194 Å². The number of aliphatic imine (C=N–C) groups is 1. The molecule has 10 heteroatoms. The van der Waals surface area contributed by atoms with Gasteiger partial charge in [0.1, 0.15) is 5.52 Å². The van der Waals surface area contributed by atoms with E-state index in [1.165, 1.54) is 18.3 Å². The largest absolute Gasteiger partial charge is 0.416 e. The van der Waals surface area contributed by atoms with E-state index in [1.807, 2.05) is 18.2 Å². The van der Waals surface area contributed by atoms with Crippen molar-refractivity contribution in [1.29, 1.82) is 0 Å². The maximum Gasteiger partial charge on any atom is 0.416 e. The highest BCUT2D eigenvalue weighted by Gasteiger charge is 2.31. The van der Waals surface area contributed by atoms with Gasteiger partial charge in [0.25, 0.3) is 5.56 Å². The summed E-state index contributed by atoms with van der Waals surface area (Å²) in [6, 6.07) is 13.6. The number of rotatable bonds is 2. The molecule has 2 aromatic carbocycles. The van der Waals surface area contributed by atoms with Gasteiger partial charge in [-0.05, 0) is 47.5 Å². The molecule has 0 radical (unpaired) electrons. The third kappa shape index (κ3) is 3.41. The first-order valence-electron chi connectivity index (χ1n) is 10.6. The molecule has 0 spiro atoms. The van der Waals surface area contributed by atoms with Crippen LogP contribution in [-0.2, 0) is 12.7 Å². The molecule has 6 rings (SSSR count). The van der Waals surface area contributed by atoms with E-state index in [9.17, 15) is 22.8 Å². The van der Waals surface area contributed by atoms with E-state index in [-0.39, 0.29) is 22.1 Å². The number of pyridine rings is 2. The number of fused-ring (bicyclic) bond motifs is 4. The number of hydrogen-bond acceptors (Lipinski definition) is 5. The van der Waals surface area contributed by atoms with Crippen molar-refractivity contribution in [2.24, 2.45) is 4.99 Å². The summed E-state index contributed by atoms with van der Waals surface area (Å²) in [6.45, 7) is 0.612. The maximum atomic E-state index is 13.4. The van der Waals surface area contributed by atoms with E-state index in [2.05, 4.69) is 15.0 Å². The minimum atomic E-state index is -4.61. The second kappa shape index (κ2) is 7.45. The molecule has 0 unspecified atom stereocenters. The van der Waals surface area contributed by atoms with Crippen LogP contribution in [0.5, 0.6) is 0 Å². The lowest BCUT2D eigenvalue weighted by Crippen LogP contribution is -2.29. The summed E-state index contributed by atoms with van der Waals surface area (Å²) >= 11 is 0. The predicted octanol–water partition coefficient (Wildman–Crippen LogP) is 4.24. The first-order valence-corrected chi connectivity index (χ1v) is 10.6. The van der Waals surface area contributed by atoms with Crippen LogP contribution in [0.2, 0.25) is 0 Å². The van der Waals surface area contributed by atoms with Crippen molar-refractivity contribution in [2.45, 2.75) is 12.7 Å². The molecule has 0 fully saturated rings. The number of nitrogens with one attached hydrogen (secondary N) is 1. The molecule has 7 nitrogen and oxygen atoms in total. The van der Waals surface area contributed by atoms with Crippen molar-refractivity contribution in [3.8, 4) is 16.9 Å². The molecule has 0 saturated heterocycles. The number of alkyl halides is 3. The molecule has 35 heavy (non-hydrogen) atoms. The zero-order valence-electron chi connectivity index (χ0n) is 17.8. The average Bonchev–Trinajstić information content (AvgIpc) is 3.31. The Morgan fingerprint density at radius 2 is 1.86 bits per heavy atom. The maximum absolute atomic E-state index is 13.4. The van der Waals surface area contributed by atoms with Crippen LogP contribution in [0.1, 0.15) is 16.7 Å². The van der Waals surface area contributed by atoms with E-state index in [1.54, 1.807) is 18.3 Å². The number of hydrogen-bond donors (Lipinski definition) is 1. The fourth-order valence-electron chi connectivity index (χ4n) is 4.26. The van der Waals surface area contributed by atoms with Gasteiger partial charge in [-0.15, -0.1) is 0 Å². The Morgan fingerprint density at radius 1 is 1.00 bits per heavy atom. The minimum Gasteiger partial charge on any atom is -0.288 e. The van der Waals surface area contributed by atoms with Crippen LogP contribution >= 0.6 is 0 Å². The van der Waals surface area contributed by atoms with Crippen LogP contribution in [0.15, 0.2) is 75.4 Å². The summed E-state index contributed by atoms with van der Waals surface area (Å²) in [5.41, 5.74) is 1.51. The molecule has 1 aliphatic rings. The number of aromatic nitrogens is 4. The van der Waals surface area contributed by atoms with E-state index in [0.717, 1.165) is 33.4 Å². The second-order valence-corrected chi connectivity index (χ2v) is 8.11. The highest BCUT2D eigenvalue weighted by Crippen LogP contribution is 2.31. The Kier molecular flexibility index (Phi) is 4.47. The summed E-state index contributed by atoms with van der Waals surface area (Å²) < 4.78 is 41.2. The predicted molar refractivity (Wildman–Crippen MR) is 125 cm³/mol. The summed E-state index contributed by atoms with van der Waals surface area (Å²) in [5, 5.41) is 0.0280. The summed E-state index contributed by atoms with van der Waals surface area (Å²) in [7, 11) is 0. The van der Waals surface area contributed by atoms with Crippen LogP contribution in [0.25, 0.3) is 38.9 Å². The van der Waals surface area contributed by atoms with Crippen molar-refractivity contribution in [1.82, 2.24) is 19.5 Å². The van der Waals surface area contributed by atoms with Gasteiger partial charge in [-0.1, -0.05) is 18.2 Å². The van der Waals surface area contributed by atoms with Gasteiger partial charge in [0.05, 0.1) is 39.9 Å². The van der Waals surface area contributed by atoms with Gasteiger partial charge >= 0.3 is 11.9 Å². The van der Waals surface area contributed by atoms with Crippen molar-refractivity contribution in [2.75, 3.05) is 0 Å². The van der Waals surface area contributed by atoms with Crippen LogP contribution in [0, 0.1) is 0 Å². The zero-order chi connectivity index (χ0) is 24.3. The van der Waals surface area contributed by atoms with E-state index < -0.39 is 23.0 Å². The molecule has 0 bridgehead atoms. The average molecular weight is 473 g/mol. The van der Waals surface area contributed by atoms with Gasteiger partial charge in [0, 0.05) is 18.0 Å². The van der Waals surface area contributed by atoms with Gasteiger partial charge in [-0.3, -0.25) is 24.3 Å². The van der Waals surface area contributed by atoms with Crippen LogP contribution < -0.4 is 11.2 Å². The molecule has 0 atom stereocenters. The number of benzene rings is 2. The van der Waals surface area contributed by atoms with Crippen LogP contribution in [0.4, 0.5) is 13.2 Å². The van der Waals surface area contributed by atoms with Crippen molar-refractivity contribution in [3.63, 3.8) is 0 Å². The zero-order valence-corrected chi connectivity index (χ0v) is 17.8. The summed E-state index contributed by atoms with van der Waals surface area (Å²) in [6.07, 6.45) is -1.54. The molecule has 1 aliphatic heterocycles. The van der Waals surface area contributed by atoms with Gasteiger partial charge < -0.3 is 0 Å². The molecule has 0 aliphatic carbocycles. The van der Waals surface area contributed by atoms with Gasteiger partial charge in [-0.2, -0.15) is 13.2 Å². The smallest absolute Gasteiger partial charge is 0.288 e. The number of nitrogens with zero attached hydrogens (tertiary/aromatic N) is 4. The molecule has 4 heterocycles. The molecule has 5 aromatic rings. The SMILES string of the molecule is O=c1[nH]c(=O)n(-c2cccc(C(F)(F)F)c2)c2c1cnc1ccc(-c3ccc4c(c3)C=NC4)nc12. The highest BCUT2D eigenvalue weighted by atomic mass is 19.4. The number of H-pyrrole nitrogens is 1. The van der Waals surface area contributed by atoms with Crippen molar-refractivity contribution in [3.05, 3.63) is 98.3 Å². The Bertz CT molecular complexity index is 1820. The van der Waals surface area contributed by atoms with E-state index in [0.29, 0.717) is 17.8 Å². The molecule has 0 amide bonds. The van der Waals surface area contributed by atoms with Gasteiger partial charge in [0.15, 0.2) is 0 Å². The lowest BCUT2D eigenvalue weighted by Gasteiger charge is -2.14. The van der Waals surface area contributed by atoms with Crippen LogP contribution in [0.3, 0.4) is 0 Å². The van der Waals surface area contributed by atoms with Gasteiger partial charge in [-0.25, -0.2) is 9.78 Å².